The highest BCUT2D eigenvalue weighted by Gasteiger charge is 2.04. The van der Waals surface area contributed by atoms with Gasteiger partial charge in [-0.15, -0.1) is 0 Å². The van der Waals surface area contributed by atoms with E-state index in [0.717, 1.165) is 12.8 Å². The Balaban J connectivity index is 2.21. The highest BCUT2D eigenvalue weighted by molar-refractivity contribution is 5.74. The third-order valence-corrected chi connectivity index (χ3v) is 2.85. The van der Waals surface area contributed by atoms with Gasteiger partial charge in [-0.2, -0.15) is 0 Å². The molecule has 0 aromatic heterocycles. The molecule has 0 amide bonds. The molecule has 0 heterocycles. The smallest absolute Gasteiger partial charge is 0.165 e. The molecule has 0 radical (unpaired) electrons. The minimum Gasteiger partial charge on any atom is -0.491 e. The summed E-state index contributed by atoms with van der Waals surface area (Å²) < 4.78 is 18.8. The minimum absolute atomic E-state index is 0.231. The van der Waals surface area contributed by atoms with Gasteiger partial charge in [-0.3, -0.25) is 4.79 Å². The monoisotopic (exact) mass is 252 g/mol. The maximum absolute atomic E-state index is 13.4. The van der Waals surface area contributed by atoms with E-state index in [0.29, 0.717) is 18.5 Å². The quantitative estimate of drug-likeness (QED) is 0.481. The van der Waals surface area contributed by atoms with Gasteiger partial charge in [-0.05, 0) is 24.6 Å². The van der Waals surface area contributed by atoms with Crippen molar-refractivity contribution in [3.05, 3.63) is 29.6 Å². The number of hydrogen-bond acceptors (Lipinski definition) is 2. The average molecular weight is 252 g/mol. The summed E-state index contributed by atoms with van der Waals surface area (Å²) in [5.74, 6) is -0.236. The Hall–Kier alpha value is -1.38. The second kappa shape index (κ2) is 8.67. The van der Waals surface area contributed by atoms with Gasteiger partial charge in [0.25, 0.3) is 0 Å². The molecule has 100 valence electrons. The Bertz CT molecular complexity index is 364. The number of benzene rings is 1. The summed E-state index contributed by atoms with van der Waals surface area (Å²) in [6.45, 7) is 2.72. The third kappa shape index (κ3) is 5.30. The number of hydrogen-bond donors (Lipinski definition) is 0. The lowest BCUT2D eigenvalue weighted by atomic mass is 10.1. The first-order chi connectivity index (χ1) is 8.77. The van der Waals surface area contributed by atoms with Gasteiger partial charge in [-0.1, -0.05) is 39.0 Å². The predicted octanol–water partition coefficient (Wildman–Crippen LogP) is 4.38. The summed E-state index contributed by atoms with van der Waals surface area (Å²) in [7, 11) is 0. The lowest BCUT2D eigenvalue weighted by Gasteiger charge is -2.07. The molecule has 18 heavy (non-hydrogen) atoms. The van der Waals surface area contributed by atoms with Crippen molar-refractivity contribution in [1.82, 2.24) is 0 Å². The van der Waals surface area contributed by atoms with Crippen LogP contribution in [0, 0.1) is 5.82 Å². The molecule has 0 saturated carbocycles. The van der Waals surface area contributed by atoms with Crippen LogP contribution in [-0.2, 0) is 0 Å². The fourth-order valence-corrected chi connectivity index (χ4v) is 1.77. The molecule has 0 fully saturated rings. The zero-order valence-corrected chi connectivity index (χ0v) is 11.0. The summed E-state index contributed by atoms with van der Waals surface area (Å²) in [6.07, 6.45) is 7.68. The molecule has 2 nitrogen and oxygen atoms in total. The Morgan fingerprint density at radius 1 is 1.17 bits per heavy atom. The van der Waals surface area contributed by atoms with Gasteiger partial charge in [0.05, 0.1) is 6.61 Å². The number of ether oxygens (including phenoxy) is 1. The summed E-state index contributed by atoms with van der Waals surface area (Å²) in [6, 6.07) is 4.27. The molecule has 1 rings (SSSR count). The van der Waals surface area contributed by atoms with Gasteiger partial charge in [0.15, 0.2) is 11.6 Å². The second-order valence-corrected chi connectivity index (χ2v) is 4.42. The van der Waals surface area contributed by atoms with Crippen molar-refractivity contribution in [2.75, 3.05) is 6.61 Å². The Morgan fingerprint density at radius 3 is 2.56 bits per heavy atom. The number of rotatable bonds is 9. The van der Waals surface area contributed by atoms with Crippen LogP contribution in [0.5, 0.6) is 5.75 Å². The van der Waals surface area contributed by atoms with Crippen LogP contribution in [0.4, 0.5) is 4.39 Å². The summed E-state index contributed by atoms with van der Waals surface area (Å²) in [5, 5.41) is 0. The molecule has 0 aliphatic rings. The highest BCUT2D eigenvalue weighted by atomic mass is 19.1. The van der Waals surface area contributed by atoms with E-state index in [1.54, 1.807) is 6.07 Å². The van der Waals surface area contributed by atoms with Crippen molar-refractivity contribution < 1.29 is 13.9 Å². The van der Waals surface area contributed by atoms with E-state index < -0.39 is 5.82 Å². The lowest BCUT2D eigenvalue weighted by Crippen LogP contribution is -1.99. The van der Waals surface area contributed by atoms with Crippen molar-refractivity contribution in [2.24, 2.45) is 0 Å². The number of unbranched alkanes of at least 4 members (excludes halogenated alkanes) is 5. The zero-order valence-electron chi connectivity index (χ0n) is 11.0. The van der Waals surface area contributed by atoms with Crippen LogP contribution < -0.4 is 4.74 Å². The molecule has 0 N–H and O–H groups in total. The van der Waals surface area contributed by atoms with Crippen molar-refractivity contribution in [2.45, 2.75) is 45.4 Å². The van der Waals surface area contributed by atoms with Crippen LogP contribution in [0.25, 0.3) is 0 Å². The van der Waals surface area contributed by atoms with Crippen molar-refractivity contribution in [3.63, 3.8) is 0 Å². The third-order valence-electron chi connectivity index (χ3n) is 2.85. The van der Waals surface area contributed by atoms with Crippen LogP contribution in [-0.4, -0.2) is 12.9 Å². The Labute approximate surface area is 108 Å². The van der Waals surface area contributed by atoms with E-state index >= 15 is 0 Å². The molecule has 0 aliphatic carbocycles. The van der Waals surface area contributed by atoms with Gasteiger partial charge in [0.1, 0.15) is 6.29 Å². The first kappa shape index (κ1) is 14.7. The van der Waals surface area contributed by atoms with Crippen LogP contribution in [0.1, 0.15) is 55.8 Å². The highest BCUT2D eigenvalue weighted by Crippen LogP contribution is 2.18. The minimum atomic E-state index is -0.467. The summed E-state index contributed by atoms with van der Waals surface area (Å²) >= 11 is 0. The molecular weight excluding hydrogens is 231 g/mol. The van der Waals surface area contributed by atoms with Crippen LogP contribution >= 0.6 is 0 Å². The largest absolute Gasteiger partial charge is 0.491 e. The van der Waals surface area contributed by atoms with Crippen LogP contribution in [0.15, 0.2) is 18.2 Å². The van der Waals surface area contributed by atoms with Crippen LogP contribution in [0.2, 0.25) is 0 Å². The van der Waals surface area contributed by atoms with E-state index in [1.807, 2.05) is 0 Å². The van der Waals surface area contributed by atoms with Crippen molar-refractivity contribution >= 4 is 6.29 Å². The van der Waals surface area contributed by atoms with E-state index in [9.17, 15) is 9.18 Å². The van der Waals surface area contributed by atoms with E-state index in [2.05, 4.69) is 6.92 Å². The van der Waals surface area contributed by atoms with Gasteiger partial charge in [-0.25, -0.2) is 4.39 Å². The van der Waals surface area contributed by atoms with Crippen molar-refractivity contribution in [3.8, 4) is 5.75 Å². The topological polar surface area (TPSA) is 26.3 Å². The molecule has 0 saturated heterocycles. The van der Waals surface area contributed by atoms with Gasteiger partial charge < -0.3 is 4.74 Å². The van der Waals surface area contributed by atoms with E-state index in [-0.39, 0.29) is 5.75 Å². The standard InChI is InChI=1S/C15H21FO2/c1-2-3-4-5-6-7-10-18-15-9-8-13(12-17)11-14(15)16/h8-9,11-12H,2-7,10H2,1H3. The lowest BCUT2D eigenvalue weighted by molar-refractivity contribution is 0.112. The normalized spacial score (nSPS) is 10.3. The molecular formula is C15H21FO2. The first-order valence-corrected chi connectivity index (χ1v) is 6.65. The van der Waals surface area contributed by atoms with E-state index in [1.165, 1.54) is 37.8 Å². The molecule has 3 heteroatoms. The van der Waals surface area contributed by atoms with Crippen molar-refractivity contribution in [1.29, 1.82) is 0 Å². The molecule has 0 atom stereocenters. The maximum atomic E-state index is 13.4. The number of halogens is 1. The number of carbonyl (C=O) groups is 1. The molecule has 1 aromatic rings. The maximum Gasteiger partial charge on any atom is 0.165 e. The van der Waals surface area contributed by atoms with Gasteiger partial charge >= 0.3 is 0 Å². The first-order valence-electron chi connectivity index (χ1n) is 6.65. The Morgan fingerprint density at radius 2 is 1.89 bits per heavy atom. The molecule has 0 unspecified atom stereocenters. The second-order valence-electron chi connectivity index (χ2n) is 4.42. The zero-order chi connectivity index (χ0) is 13.2. The summed E-state index contributed by atoms with van der Waals surface area (Å²) in [4.78, 5) is 10.4. The fraction of sp³-hybridized carbons (Fsp3) is 0.533. The SMILES string of the molecule is CCCCCCCCOc1ccc(C=O)cc1F. The van der Waals surface area contributed by atoms with Crippen LogP contribution in [0.3, 0.4) is 0 Å². The average Bonchev–Trinajstić information content (AvgIpc) is 2.39. The summed E-state index contributed by atoms with van der Waals surface area (Å²) in [5.41, 5.74) is 0.333. The molecule has 1 aromatic carbocycles. The predicted molar refractivity (Wildman–Crippen MR) is 70.7 cm³/mol. The molecule has 0 bridgehead atoms. The van der Waals surface area contributed by atoms with Gasteiger partial charge in [0.2, 0.25) is 0 Å². The number of aldehydes is 1. The van der Waals surface area contributed by atoms with E-state index in [4.69, 9.17) is 4.74 Å². The van der Waals surface area contributed by atoms with Gasteiger partial charge in [0, 0.05) is 5.56 Å². The molecule has 0 spiro atoms. The fourth-order valence-electron chi connectivity index (χ4n) is 1.77. The molecule has 0 aliphatic heterocycles. The number of carbonyl (C=O) groups excluding carboxylic acids is 1. The Kier molecular flexibility index (Phi) is 7.07.